The van der Waals surface area contributed by atoms with Crippen molar-refractivity contribution in [3.63, 3.8) is 0 Å². The summed E-state index contributed by atoms with van der Waals surface area (Å²) in [6.07, 6.45) is 7.29. The van der Waals surface area contributed by atoms with Gasteiger partial charge >= 0.3 is 0 Å². The minimum absolute atomic E-state index is 0.115. The lowest BCUT2D eigenvalue weighted by Crippen LogP contribution is -2.25. The highest BCUT2D eigenvalue weighted by molar-refractivity contribution is 6.30. The van der Waals surface area contributed by atoms with E-state index >= 15 is 0 Å². The second kappa shape index (κ2) is 12.9. The fourth-order valence-electron chi connectivity index (χ4n) is 5.88. The van der Waals surface area contributed by atoms with Gasteiger partial charge in [0.2, 0.25) is 0 Å². The van der Waals surface area contributed by atoms with Crippen molar-refractivity contribution in [3.05, 3.63) is 117 Å². The van der Waals surface area contributed by atoms with Crippen LogP contribution in [-0.2, 0) is 4.79 Å². The predicted molar refractivity (Wildman–Crippen MR) is 176 cm³/mol. The number of nitrogens with one attached hydrogen (secondary N) is 1. The van der Waals surface area contributed by atoms with Crippen molar-refractivity contribution in [1.82, 2.24) is 14.2 Å². The number of nitrogens with zero attached hydrogens (tertiary/aromatic N) is 4. The van der Waals surface area contributed by atoms with Gasteiger partial charge in [0.1, 0.15) is 11.6 Å². The monoisotopic (exact) mass is 607 g/mol. The van der Waals surface area contributed by atoms with Gasteiger partial charge in [-0.25, -0.2) is 4.98 Å². The number of rotatable bonds is 8. The maximum atomic E-state index is 13.6. The minimum Gasteiger partial charge on any atom is -0.484 e. The molecule has 1 N–H and O–H groups in total. The molecule has 0 saturated heterocycles. The van der Waals surface area contributed by atoms with Crippen molar-refractivity contribution in [2.75, 3.05) is 11.9 Å². The van der Waals surface area contributed by atoms with Crippen LogP contribution in [0, 0.1) is 13.8 Å². The molecule has 8 nitrogen and oxygen atoms in total. The number of para-hydroxylation sites is 1. The van der Waals surface area contributed by atoms with Crippen molar-refractivity contribution < 1.29 is 9.53 Å². The van der Waals surface area contributed by atoms with E-state index in [1.54, 1.807) is 30.5 Å². The minimum atomic E-state index is -0.259. The fraction of sp³-hybridized carbons (Fsp3) is 0.257. The first-order chi connectivity index (χ1) is 21.4. The number of fused-ring (bicyclic) bond motifs is 1. The van der Waals surface area contributed by atoms with Crippen LogP contribution >= 0.6 is 11.6 Å². The van der Waals surface area contributed by atoms with Gasteiger partial charge in [-0.1, -0.05) is 43.0 Å². The Balaban J connectivity index is 1.21. The number of amides is 1. The smallest absolute Gasteiger partial charge is 0.282 e. The van der Waals surface area contributed by atoms with Gasteiger partial charge in [-0.2, -0.15) is 9.78 Å². The van der Waals surface area contributed by atoms with Gasteiger partial charge in [-0.3, -0.25) is 9.59 Å². The normalized spacial score (nSPS) is 13.9. The average Bonchev–Trinajstić information content (AvgIpc) is 3.33. The third kappa shape index (κ3) is 6.31. The van der Waals surface area contributed by atoms with E-state index in [-0.39, 0.29) is 24.0 Å². The van der Waals surface area contributed by atoms with E-state index < -0.39 is 0 Å². The molecule has 44 heavy (non-hydrogen) atoms. The summed E-state index contributed by atoms with van der Waals surface area (Å²) >= 11 is 5.90. The van der Waals surface area contributed by atoms with Crippen LogP contribution in [0.1, 0.15) is 60.8 Å². The van der Waals surface area contributed by atoms with Crippen molar-refractivity contribution in [2.24, 2.45) is 5.10 Å². The number of ether oxygens (including phenoxy) is 1. The maximum absolute atomic E-state index is 13.6. The van der Waals surface area contributed by atoms with Crippen LogP contribution in [0.2, 0.25) is 5.02 Å². The first-order valence-corrected chi connectivity index (χ1v) is 15.3. The summed E-state index contributed by atoms with van der Waals surface area (Å²) in [7, 11) is 0. The number of aromatic nitrogens is 3. The largest absolute Gasteiger partial charge is 0.484 e. The van der Waals surface area contributed by atoms with Crippen LogP contribution in [-0.4, -0.2) is 33.0 Å². The Morgan fingerprint density at radius 2 is 1.75 bits per heavy atom. The van der Waals surface area contributed by atoms with Crippen LogP contribution in [0.15, 0.2) is 88.8 Å². The van der Waals surface area contributed by atoms with Gasteiger partial charge in [0.15, 0.2) is 6.61 Å². The Morgan fingerprint density at radius 3 is 2.50 bits per heavy atom. The van der Waals surface area contributed by atoms with Crippen molar-refractivity contribution >= 4 is 40.3 Å². The van der Waals surface area contributed by atoms with Gasteiger partial charge in [0, 0.05) is 39.3 Å². The SMILES string of the molecule is Cc1cc(C=Nn2c(C3CCCCC3)nc3ccccc3c2=O)c(C)n1-c1ccc(OCC(=O)Nc2ccc(Cl)cc2)cc1. The number of carbonyl (C=O) groups is 1. The second-order valence-electron chi connectivity index (χ2n) is 11.2. The predicted octanol–water partition coefficient (Wildman–Crippen LogP) is 7.40. The van der Waals surface area contributed by atoms with Crippen LogP contribution in [0.3, 0.4) is 0 Å². The number of anilines is 1. The standard InChI is InChI=1S/C35H34ClN5O3/c1-23-20-26(21-37-41-34(25-8-4-3-5-9-25)39-32-11-7-6-10-31(32)35(41)43)24(2)40(23)29-16-18-30(19-17-29)44-22-33(42)38-28-14-12-27(36)13-15-28/h6-7,10-21,25H,3-5,8-9,22H2,1-2H3,(H,38,42). The zero-order chi connectivity index (χ0) is 30.6. The van der Waals surface area contributed by atoms with E-state index in [1.165, 1.54) is 11.1 Å². The lowest BCUT2D eigenvalue weighted by molar-refractivity contribution is -0.118. The van der Waals surface area contributed by atoms with Crippen molar-refractivity contribution in [3.8, 4) is 11.4 Å². The summed E-state index contributed by atoms with van der Waals surface area (Å²) in [4.78, 5) is 30.8. The molecule has 224 valence electrons. The molecule has 5 aromatic rings. The Bertz CT molecular complexity index is 1890. The lowest BCUT2D eigenvalue weighted by atomic mass is 9.88. The molecule has 1 aliphatic rings. The van der Waals surface area contributed by atoms with Crippen molar-refractivity contribution in [1.29, 1.82) is 0 Å². The van der Waals surface area contributed by atoms with Gasteiger partial charge in [0.25, 0.3) is 11.5 Å². The summed E-state index contributed by atoms with van der Waals surface area (Å²) in [5.74, 6) is 1.29. The third-order valence-electron chi connectivity index (χ3n) is 8.12. The number of carbonyl (C=O) groups excluding carboxylic acids is 1. The van der Waals surface area contributed by atoms with E-state index in [4.69, 9.17) is 26.4 Å². The van der Waals surface area contributed by atoms with E-state index in [0.29, 0.717) is 21.8 Å². The molecule has 0 radical (unpaired) electrons. The molecule has 9 heteroatoms. The number of halogens is 1. The fourth-order valence-corrected chi connectivity index (χ4v) is 6.01. The van der Waals surface area contributed by atoms with Gasteiger partial charge in [0.05, 0.1) is 17.1 Å². The van der Waals surface area contributed by atoms with Crippen LogP contribution in [0.4, 0.5) is 5.69 Å². The molecular weight excluding hydrogens is 574 g/mol. The molecule has 6 rings (SSSR count). The Hall–Kier alpha value is -4.69. The van der Waals surface area contributed by atoms with Crippen LogP contribution in [0.5, 0.6) is 5.75 Å². The number of hydrogen-bond donors (Lipinski definition) is 1. The summed E-state index contributed by atoms with van der Waals surface area (Å²) in [6, 6.07) is 24.0. The highest BCUT2D eigenvalue weighted by Gasteiger charge is 2.22. The van der Waals surface area contributed by atoms with Gasteiger partial charge < -0.3 is 14.6 Å². The Kier molecular flexibility index (Phi) is 8.61. The highest BCUT2D eigenvalue weighted by Crippen LogP contribution is 2.32. The average molecular weight is 608 g/mol. The quantitative estimate of drug-likeness (QED) is 0.186. The van der Waals surface area contributed by atoms with E-state index in [9.17, 15) is 9.59 Å². The molecule has 1 amide bonds. The first kappa shape index (κ1) is 29.4. The third-order valence-corrected chi connectivity index (χ3v) is 8.38. The van der Waals surface area contributed by atoms with E-state index in [0.717, 1.165) is 59.7 Å². The Morgan fingerprint density at radius 1 is 1.02 bits per heavy atom. The summed E-state index contributed by atoms with van der Waals surface area (Å²) in [6.45, 7) is 3.95. The summed E-state index contributed by atoms with van der Waals surface area (Å²) in [5.41, 5.74) is 5.11. The number of hydrogen-bond acceptors (Lipinski definition) is 5. The molecule has 0 unspecified atom stereocenters. The molecule has 0 aliphatic heterocycles. The topological polar surface area (TPSA) is 90.5 Å². The molecule has 0 atom stereocenters. The highest BCUT2D eigenvalue weighted by atomic mass is 35.5. The van der Waals surface area contributed by atoms with Crippen LogP contribution < -0.4 is 15.6 Å². The Labute approximate surface area is 261 Å². The summed E-state index contributed by atoms with van der Waals surface area (Å²) < 4.78 is 9.34. The molecule has 1 saturated carbocycles. The maximum Gasteiger partial charge on any atom is 0.282 e. The van der Waals surface area contributed by atoms with Crippen molar-refractivity contribution in [2.45, 2.75) is 51.9 Å². The molecule has 1 fully saturated rings. The van der Waals surface area contributed by atoms with Crippen LogP contribution in [0.25, 0.3) is 16.6 Å². The molecule has 3 aromatic carbocycles. The molecule has 1 aliphatic carbocycles. The first-order valence-electron chi connectivity index (χ1n) is 14.9. The van der Waals surface area contributed by atoms with E-state index in [2.05, 4.69) is 16.0 Å². The molecular formula is C35H34ClN5O3. The number of benzene rings is 3. The van der Waals surface area contributed by atoms with Gasteiger partial charge in [-0.15, -0.1) is 0 Å². The van der Waals surface area contributed by atoms with Gasteiger partial charge in [-0.05, 0) is 93.4 Å². The zero-order valence-electron chi connectivity index (χ0n) is 24.8. The second-order valence-corrected chi connectivity index (χ2v) is 11.6. The lowest BCUT2D eigenvalue weighted by Gasteiger charge is -2.22. The summed E-state index contributed by atoms with van der Waals surface area (Å²) in [5, 5.41) is 8.70. The molecule has 2 heterocycles. The van der Waals surface area contributed by atoms with E-state index in [1.807, 2.05) is 62.4 Å². The zero-order valence-corrected chi connectivity index (χ0v) is 25.6. The number of aryl methyl sites for hydroxylation is 1. The molecule has 0 bridgehead atoms. The molecule has 0 spiro atoms. The molecule has 2 aromatic heterocycles.